The summed E-state index contributed by atoms with van der Waals surface area (Å²) in [6.07, 6.45) is 0. The molecule has 2 heterocycles. The molecule has 0 aliphatic carbocycles. The number of aromatic nitrogens is 1. The van der Waals surface area contributed by atoms with Crippen molar-refractivity contribution >= 4 is 34.3 Å². The fraction of sp³-hybridized carbons (Fsp3) is 0.304. The number of aryl methyl sites for hydroxylation is 2. The van der Waals surface area contributed by atoms with Crippen molar-refractivity contribution < 1.29 is 4.79 Å². The number of hydrogen-bond donors (Lipinski definition) is 1. The molecule has 1 saturated heterocycles. The third-order valence-electron chi connectivity index (χ3n) is 5.10. The number of pyridine rings is 1. The maximum Gasteiger partial charge on any atom is 0.257 e. The van der Waals surface area contributed by atoms with Gasteiger partial charge < -0.3 is 5.32 Å². The fourth-order valence-electron chi connectivity index (χ4n) is 3.57. The molecule has 28 heavy (non-hydrogen) atoms. The monoisotopic (exact) mass is 391 g/mol. The van der Waals surface area contributed by atoms with Gasteiger partial charge >= 0.3 is 0 Å². The molecule has 1 aliphatic heterocycles. The van der Waals surface area contributed by atoms with Gasteiger partial charge in [0.25, 0.3) is 5.91 Å². The molecule has 1 amide bonds. The Kier molecular flexibility index (Phi) is 5.64. The summed E-state index contributed by atoms with van der Waals surface area (Å²) in [4.78, 5) is 20.0. The first-order chi connectivity index (χ1) is 13.6. The molecule has 0 unspecified atom stereocenters. The largest absolute Gasteiger partial charge is 0.322 e. The van der Waals surface area contributed by atoms with Gasteiger partial charge in [-0.1, -0.05) is 24.3 Å². The van der Waals surface area contributed by atoms with Crippen molar-refractivity contribution in [2.45, 2.75) is 20.4 Å². The normalized spacial score (nSPS) is 14.9. The molecule has 3 aromatic rings. The summed E-state index contributed by atoms with van der Waals surface area (Å²) < 4.78 is 0. The SMILES string of the molecule is Cc1ccc2cc(C(=O)Nc3cccc(CN4CCSCC4)c3)c(C)nc2c1. The van der Waals surface area contributed by atoms with Crippen molar-refractivity contribution in [3.63, 3.8) is 0 Å². The second-order valence-electron chi connectivity index (χ2n) is 7.36. The Morgan fingerprint density at radius 2 is 1.93 bits per heavy atom. The average Bonchev–Trinajstić information content (AvgIpc) is 2.68. The minimum Gasteiger partial charge on any atom is -0.322 e. The number of nitrogens with zero attached hydrogens (tertiary/aromatic N) is 2. The van der Waals surface area contributed by atoms with Gasteiger partial charge in [-0.2, -0.15) is 11.8 Å². The molecule has 0 radical (unpaired) electrons. The third-order valence-corrected chi connectivity index (χ3v) is 6.05. The highest BCUT2D eigenvalue weighted by molar-refractivity contribution is 7.99. The van der Waals surface area contributed by atoms with E-state index in [0.29, 0.717) is 5.56 Å². The summed E-state index contributed by atoms with van der Waals surface area (Å²) in [6, 6.07) is 16.2. The van der Waals surface area contributed by atoms with Crippen molar-refractivity contribution in [3.8, 4) is 0 Å². The summed E-state index contributed by atoms with van der Waals surface area (Å²) in [6.45, 7) is 7.12. The number of carbonyl (C=O) groups is 1. The Bertz CT molecular complexity index is 1010. The van der Waals surface area contributed by atoms with E-state index >= 15 is 0 Å². The lowest BCUT2D eigenvalue weighted by atomic mass is 10.1. The quantitative estimate of drug-likeness (QED) is 0.703. The smallest absolute Gasteiger partial charge is 0.257 e. The molecule has 0 atom stereocenters. The number of benzene rings is 2. The van der Waals surface area contributed by atoms with Crippen LogP contribution >= 0.6 is 11.8 Å². The van der Waals surface area contributed by atoms with Gasteiger partial charge in [-0.3, -0.25) is 14.7 Å². The highest BCUT2D eigenvalue weighted by atomic mass is 32.2. The number of amides is 1. The minimum atomic E-state index is -0.112. The van der Waals surface area contributed by atoms with E-state index in [1.807, 2.05) is 62.0 Å². The third kappa shape index (κ3) is 4.37. The van der Waals surface area contributed by atoms with Gasteiger partial charge in [-0.25, -0.2) is 0 Å². The Morgan fingerprint density at radius 1 is 1.11 bits per heavy atom. The maximum atomic E-state index is 12.9. The predicted octanol–water partition coefficient (Wildman–Crippen LogP) is 4.65. The molecule has 0 spiro atoms. The number of anilines is 1. The lowest BCUT2D eigenvalue weighted by Crippen LogP contribution is -2.31. The Morgan fingerprint density at radius 3 is 2.75 bits per heavy atom. The minimum absolute atomic E-state index is 0.112. The van der Waals surface area contributed by atoms with Gasteiger partial charge in [0.15, 0.2) is 0 Å². The van der Waals surface area contributed by atoms with Gasteiger partial charge in [-0.05, 0) is 49.2 Å². The van der Waals surface area contributed by atoms with Gasteiger partial charge in [0.2, 0.25) is 0 Å². The van der Waals surface area contributed by atoms with E-state index in [-0.39, 0.29) is 5.91 Å². The van der Waals surface area contributed by atoms with Crippen LogP contribution in [0, 0.1) is 13.8 Å². The highest BCUT2D eigenvalue weighted by Gasteiger charge is 2.14. The predicted molar refractivity (Wildman–Crippen MR) is 118 cm³/mol. The van der Waals surface area contributed by atoms with Crippen molar-refractivity contribution in [2.24, 2.45) is 0 Å². The Balaban J connectivity index is 1.51. The topological polar surface area (TPSA) is 45.2 Å². The zero-order valence-corrected chi connectivity index (χ0v) is 17.2. The zero-order valence-electron chi connectivity index (χ0n) is 16.4. The molecule has 4 nitrogen and oxygen atoms in total. The number of carbonyl (C=O) groups excluding carboxylic acids is 1. The Labute approximate surface area is 170 Å². The fourth-order valence-corrected chi connectivity index (χ4v) is 4.55. The number of rotatable bonds is 4. The van der Waals surface area contributed by atoms with E-state index in [9.17, 15) is 4.79 Å². The molecule has 5 heteroatoms. The van der Waals surface area contributed by atoms with Crippen LogP contribution in [0.25, 0.3) is 10.9 Å². The van der Waals surface area contributed by atoms with Crippen molar-refractivity contribution in [1.82, 2.24) is 9.88 Å². The summed E-state index contributed by atoms with van der Waals surface area (Å²) >= 11 is 2.02. The first-order valence-electron chi connectivity index (χ1n) is 9.67. The van der Waals surface area contributed by atoms with Crippen molar-refractivity contribution in [3.05, 3.63) is 70.9 Å². The molecule has 2 aromatic carbocycles. The molecule has 1 aliphatic rings. The van der Waals surface area contributed by atoms with Gasteiger partial charge in [0.1, 0.15) is 0 Å². The number of thioether (sulfide) groups is 1. The number of hydrogen-bond acceptors (Lipinski definition) is 4. The van der Waals surface area contributed by atoms with E-state index in [1.54, 1.807) is 0 Å². The second kappa shape index (κ2) is 8.33. The number of fused-ring (bicyclic) bond motifs is 1. The molecular weight excluding hydrogens is 366 g/mol. The highest BCUT2D eigenvalue weighted by Crippen LogP contribution is 2.20. The molecule has 1 aromatic heterocycles. The van der Waals surface area contributed by atoms with Gasteiger partial charge in [-0.15, -0.1) is 0 Å². The van der Waals surface area contributed by atoms with Crippen LogP contribution in [0.1, 0.15) is 27.2 Å². The molecular formula is C23H25N3OS. The standard InChI is InChI=1S/C23H25N3OS/c1-16-6-7-19-14-21(17(2)24-22(19)12-16)23(27)25-20-5-3-4-18(13-20)15-26-8-10-28-11-9-26/h3-7,12-14H,8-11,15H2,1-2H3,(H,25,27). The summed E-state index contributed by atoms with van der Waals surface area (Å²) in [5, 5.41) is 4.04. The second-order valence-corrected chi connectivity index (χ2v) is 8.59. The van der Waals surface area contributed by atoms with Crippen LogP contribution in [0.5, 0.6) is 0 Å². The van der Waals surface area contributed by atoms with Gasteiger partial charge in [0, 0.05) is 42.2 Å². The van der Waals surface area contributed by atoms with Crippen LogP contribution < -0.4 is 5.32 Å². The van der Waals surface area contributed by atoms with Crippen LogP contribution in [0.15, 0.2) is 48.5 Å². The van der Waals surface area contributed by atoms with E-state index in [4.69, 9.17) is 0 Å². The Hall–Kier alpha value is -2.37. The van der Waals surface area contributed by atoms with Crippen LogP contribution in [0.4, 0.5) is 5.69 Å². The summed E-state index contributed by atoms with van der Waals surface area (Å²) in [5.41, 5.74) is 5.52. The van der Waals surface area contributed by atoms with E-state index in [0.717, 1.165) is 41.9 Å². The summed E-state index contributed by atoms with van der Waals surface area (Å²) in [5.74, 6) is 2.29. The maximum absolute atomic E-state index is 12.9. The zero-order chi connectivity index (χ0) is 19.5. The molecule has 1 fully saturated rings. The van der Waals surface area contributed by atoms with Crippen LogP contribution in [-0.4, -0.2) is 40.4 Å². The lowest BCUT2D eigenvalue weighted by Gasteiger charge is -2.26. The number of nitrogens with one attached hydrogen (secondary N) is 1. The van der Waals surface area contributed by atoms with Crippen molar-refractivity contribution in [2.75, 3.05) is 29.9 Å². The first kappa shape index (κ1) is 19.0. The van der Waals surface area contributed by atoms with Crippen molar-refractivity contribution in [1.29, 1.82) is 0 Å². The van der Waals surface area contributed by atoms with E-state index in [1.165, 1.54) is 22.6 Å². The lowest BCUT2D eigenvalue weighted by molar-refractivity contribution is 0.102. The molecule has 0 saturated carbocycles. The molecule has 4 rings (SSSR count). The molecule has 144 valence electrons. The van der Waals surface area contributed by atoms with Crippen LogP contribution in [-0.2, 0) is 6.54 Å². The van der Waals surface area contributed by atoms with Gasteiger partial charge in [0.05, 0.1) is 16.8 Å². The van der Waals surface area contributed by atoms with E-state index in [2.05, 4.69) is 27.3 Å². The van der Waals surface area contributed by atoms with Crippen LogP contribution in [0.2, 0.25) is 0 Å². The first-order valence-corrected chi connectivity index (χ1v) is 10.8. The molecule has 0 bridgehead atoms. The molecule has 1 N–H and O–H groups in total. The van der Waals surface area contributed by atoms with Crippen LogP contribution in [0.3, 0.4) is 0 Å². The van der Waals surface area contributed by atoms with E-state index < -0.39 is 0 Å². The average molecular weight is 392 g/mol. The summed E-state index contributed by atoms with van der Waals surface area (Å²) in [7, 11) is 0.